The number of sulfone groups is 1. The fourth-order valence-electron chi connectivity index (χ4n) is 2.07. The number of anilines is 1. The summed E-state index contributed by atoms with van der Waals surface area (Å²) >= 11 is 0. The van der Waals surface area contributed by atoms with Gasteiger partial charge in [-0.25, -0.2) is 8.42 Å². The molecule has 0 spiro atoms. The molecule has 5 nitrogen and oxygen atoms in total. The highest BCUT2D eigenvalue weighted by molar-refractivity contribution is 7.94. The summed E-state index contributed by atoms with van der Waals surface area (Å²) in [5.41, 5.74) is 0.653. The molecule has 0 bridgehead atoms. The molecule has 19 heavy (non-hydrogen) atoms. The smallest absolute Gasteiger partial charge is 0.224 e. The lowest BCUT2D eigenvalue weighted by atomic mass is 10.2. The number of carbonyl (C=O) groups is 1. The first-order valence-corrected chi connectivity index (χ1v) is 7.49. The Labute approximate surface area is 112 Å². The molecule has 0 saturated carbocycles. The predicted molar refractivity (Wildman–Crippen MR) is 72.9 cm³/mol. The Bertz CT molecular complexity index is 604. The van der Waals surface area contributed by atoms with Crippen molar-refractivity contribution >= 4 is 21.4 Å². The number of nitrogens with zero attached hydrogens (tertiary/aromatic N) is 1. The summed E-state index contributed by atoms with van der Waals surface area (Å²) in [7, 11) is -1.63. The van der Waals surface area contributed by atoms with Crippen molar-refractivity contribution in [2.45, 2.75) is 13.0 Å². The molecule has 2 rings (SSSR count). The minimum atomic E-state index is -3.19. The van der Waals surface area contributed by atoms with E-state index in [1.54, 1.807) is 37.5 Å². The van der Waals surface area contributed by atoms with Gasteiger partial charge in [0.05, 0.1) is 18.9 Å². The molecule has 0 N–H and O–H groups in total. The lowest BCUT2D eigenvalue weighted by molar-refractivity contribution is -0.116. The van der Waals surface area contributed by atoms with Gasteiger partial charge >= 0.3 is 0 Å². The molecule has 0 aromatic heterocycles. The van der Waals surface area contributed by atoms with Gasteiger partial charge in [0.1, 0.15) is 5.75 Å². The molecule has 1 amide bonds. The Balaban J connectivity index is 2.31. The number of carbonyl (C=O) groups excluding carboxylic acids is 1. The molecular weight excluding hydrogens is 266 g/mol. The van der Waals surface area contributed by atoms with E-state index in [1.807, 2.05) is 0 Å². The van der Waals surface area contributed by atoms with Gasteiger partial charge in [-0.15, -0.1) is 0 Å². The van der Waals surface area contributed by atoms with Crippen LogP contribution >= 0.6 is 0 Å². The zero-order chi connectivity index (χ0) is 14.0. The molecule has 0 aliphatic carbocycles. The van der Waals surface area contributed by atoms with Crippen LogP contribution in [0.4, 0.5) is 5.69 Å². The molecule has 1 aliphatic heterocycles. The van der Waals surface area contributed by atoms with E-state index in [0.29, 0.717) is 11.4 Å². The van der Waals surface area contributed by atoms with Gasteiger partial charge in [-0.05, 0) is 30.3 Å². The molecule has 0 fully saturated rings. The van der Waals surface area contributed by atoms with E-state index < -0.39 is 15.9 Å². The minimum Gasteiger partial charge on any atom is -0.497 e. The van der Waals surface area contributed by atoms with Crippen LogP contribution in [0.5, 0.6) is 5.75 Å². The number of amides is 1. The van der Waals surface area contributed by atoms with Gasteiger partial charge in [0, 0.05) is 18.0 Å². The third-order valence-electron chi connectivity index (χ3n) is 2.93. The number of methoxy groups -OCH3 is 1. The highest BCUT2D eigenvalue weighted by atomic mass is 32.2. The second-order valence-electron chi connectivity index (χ2n) is 4.31. The normalized spacial score (nSPS) is 20.2. The predicted octanol–water partition coefficient (Wildman–Crippen LogP) is 1.36. The van der Waals surface area contributed by atoms with Crippen molar-refractivity contribution < 1.29 is 17.9 Å². The first kappa shape index (κ1) is 13.6. The Morgan fingerprint density at radius 3 is 2.37 bits per heavy atom. The van der Waals surface area contributed by atoms with Crippen LogP contribution in [0.3, 0.4) is 0 Å². The van der Waals surface area contributed by atoms with Gasteiger partial charge in [-0.2, -0.15) is 0 Å². The van der Waals surface area contributed by atoms with Crippen LogP contribution in [0.2, 0.25) is 0 Å². The van der Waals surface area contributed by atoms with Crippen LogP contribution in [0.25, 0.3) is 0 Å². The van der Waals surface area contributed by atoms with Crippen molar-refractivity contribution in [1.82, 2.24) is 0 Å². The van der Waals surface area contributed by atoms with E-state index in [-0.39, 0.29) is 11.7 Å². The molecular formula is C13H15NO4S. The standard InChI is InChI=1S/C13H15NO4S/c1-10(15)14(12-7-8-19(16,17)9-12)11-3-5-13(18-2)6-4-11/h3-8,12H,9H2,1-2H3/t12-/m0/s1. The molecule has 1 aromatic rings. The second-order valence-corrected chi connectivity index (χ2v) is 6.24. The maximum atomic E-state index is 11.8. The zero-order valence-electron chi connectivity index (χ0n) is 10.7. The van der Waals surface area contributed by atoms with E-state index in [2.05, 4.69) is 0 Å². The second kappa shape index (κ2) is 5.05. The SMILES string of the molecule is COc1ccc(N(C(C)=O)[C@H]2C=CS(=O)(=O)C2)cc1. The molecule has 6 heteroatoms. The largest absolute Gasteiger partial charge is 0.497 e. The number of hydrogen-bond donors (Lipinski definition) is 0. The van der Waals surface area contributed by atoms with Gasteiger partial charge in [-0.1, -0.05) is 0 Å². The first-order chi connectivity index (χ1) is 8.93. The van der Waals surface area contributed by atoms with Gasteiger partial charge in [0.25, 0.3) is 0 Å². The number of ether oxygens (including phenoxy) is 1. The first-order valence-electron chi connectivity index (χ1n) is 5.78. The Kier molecular flexibility index (Phi) is 3.61. The van der Waals surface area contributed by atoms with Gasteiger partial charge in [0.15, 0.2) is 9.84 Å². The summed E-state index contributed by atoms with van der Waals surface area (Å²) in [5.74, 6) is 0.414. The molecule has 1 heterocycles. The van der Waals surface area contributed by atoms with Crippen LogP contribution in [0.15, 0.2) is 35.7 Å². The Morgan fingerprint density at radius 1 is 1.32 bits per heavy atom. The average Bonchev–Trinajstić information content (AvgIpc) is 2.70. The number of hydrogen-bond acceptors (Lipinski definition) is 4. The quantitative estimate of drug-likeness (QED) is 0.839. The lowest BCUT2D eigenvalue weighted by Gasteiger charge is -2.26. The summed E-state index contributed by atoms with van der Waals surface area (Å²) in [6.07, 6.45) is 1.54. The zero-order valence-corrected chi connectivity index (χ0v) is 11.6. The van der Waals surface area contributed by atoms with Crippen molar-refractivity contribution in [3.8, 4) is 5.75 Å². The van der Waals surface area contributed by atoms with Gasteiger partial charge in [-0.3, -0.25) is 4.79 Å². The van der Waals surface area contributed by atoms with Gasteiger partial charge in [0.2, 0.25) is 5.91 Å². The third-order valence-corrected chi connectivity index (χ3v) is 4.31. The van der Waals surface area contributed by atoms with E-state index in [4.69, 9.17) is 4.74 Å². The number of benzene rings is 1. The van der Waals surface area contributed by atoms with Crippen LogP contribution < -0.4 is 9.64 Å². The monoisotopic (exact) mass is 281 g/mol. The summed E-state index contributed by atoms with van der Waals surface area (Å²) < 4.78 is 28.0. The van der Waals surface area contributed by atoms with Crippen molar-refractivity contribution in [3.05, 3.63) is 35.7 Å². The summed E-state index contributed by atoms with van der Waals surface area (Å²) in [6.45, 7) is 1.42. The Morgan fingerprint density at radius 2 is 1.95 bits per heavy atom. The minimum absolute atomic E-state index is 0.0708. The molecule has 1 aromatic carbocycles. The molecule has 0 saturated heterocycles. The van der Waals surface area contributed by atoms with E-state index in [0.717, 1.165) is 5.41 Å². The fraction of sp³-hybridized carbons (Fsp3) is 0.308. The Hall–Kier alpha value is -1.82. The van der Waals surface area contributed by atoms with Crippen LogP contribution in [0, 0.1) is 0 Å². The topological polar surface area (TPSA) is 63.7 Å². The van der Waals surface area contributed by atoms with Crippen LogP contribution in [0.1, 0.15) is 6.92 Å². The van der Waals surface area contributed by atoms with Crippen molar-refractivity contribution in [3.63, 3.8) is 0 Å². The van der Waals surface area contributed by atoms with Crippen molar-refractivity contribution in [2.75, 3.05) is 17.8 Å². The van der Waals surface area contributed by atoms with E-state index in [9.17, 15) is 13.2 Å². The molecule has 0 unspecified atom stereocenters. The van der Waals surface area contributed by atoms with Crippen LogP contribution in [-0.4, -0.2) is 33.2 Å². The maximum absolute atomic E-state index is 11.8. The lowest BCUT2D eigenvalue weighted by Crippen LogP contribution is -2.39. The van der Waals surface area contributed by atoms with Crippen molar-refractivity contribution in [2.24, 2.45) is 0 Å². The van der Waals surface area contributed by atoms with E-state index in [1.165, 1.54) is 11.8 Å². The van der Waals surface area contributed by atoms with Crippen molar-refractivity contribution in [1.29, 1.82) is 0 Å². The molecule has 0 radical (unpaired) electrons. The highest BCUT2D eigenvalue weighted by Gasteiger charge is 2.29. The molecule has 102 valence electrons. The molecule has 1 atom stereocenters. The van der Waals surface area contributed by atoms with Crippen LogP contribution in [-0.2, 0) is 14.6 Å². The average molecular weight is 281 g/mol. The summed E-state index contributed by atoms with van der Waals surface area (Å²) in [4.78, 5) is 13.2. The maximum Gasteiger partial charge on any atom is 0.224 e. The fourth-order valence-corrected chi connectivity index (χ4v) is 3.34. The summed E-state index contributed by atoms with van der Waals surface area (Å²) in [6, 6.07) is 6.49. The van der Waals surface area contributed by atoms with Gasteiger partial charge < -0.3 is 9.64 Å². The highest BCUT2D eigenvalue weighted by Crippen LogP contribution is 2.24. The number of rotatable bonds is 3. The third kappa shape index (κ3) is 2.96. The molecule has 1 aliphatic rings. The van der Waals surface area contributed by atoms with E-state index >= 15 is 0 Å². The summed E-state index contributed by atoms with van der Waals surface area (Å²) in [5, 5.41) is 1.16.